The van der Waals surface area contributed by atoms with Gasteiger partial charge in [0, 0.05) is 32.6 Å². The summed E-state index contributed by atoms with van der Waals surface area (Å²) in [5.41, 5.74) is 0. The molecule has 0 aromatic carbocycles. The first kappa shape index (κ1) is 19.9. The molecule has 2 rings (SSSR count). The minimum Gasteiger partial charge on any atom is -0.379 e. The molecule has 0 aromatic heterocycles. The summed E-state index contributed by atoms with van der Waals surface area (Å²) in [7, 11) is 0. The standard InChI is InChI=1S/C13H25N3O2.2ClH/c17-13(11-12-1-3-14-4-2-12)15-5-6-16-7-9-18-10-8-16;;/h12,14H,1-11H2,(H,15,17);2*1H. The summed E-state index contributed by atoms with van der Waals surface area (Å²) < 4.78 is 5.29. The summed E-state index contributed by atoms with van der Waals surface area (Å²) in [5, 5.41) is 6.36. The molecule has 2 aliphatic rings. The van der Waals surface area contributed by atoms with Gasteiger partial charge in [0.15, 0.2) is 0 Å². The molecule has 7 heteroatoms. The van der Waals surface area contributed by atoms with Crippen molar-refractivity contribution in [2.75, 3.05) is 52.5 Å². The average Bonchev–Trinajstić information content (AvgIpc) is 2.41. The van der Waals surface area contributed by atoms with Gasteiger partial charge in [-0.1, -0.05) is 0 Å². The third-order valence-corrected chi connectivity index (χ3v) is 3.79. The summed E-state index contributed by atoms with van der Waals surface area (Å²) in [6, 6.07) is 0. The average molecular weight is 328 g/mol. The van der Waals surface area contributed by atoms with Crippen LogP contribution in [-0.4, -0.2) is 63.3 Å². The maximum Gasteiger partial charge on any atom is 0.220 e. The third kappa shape index (κ3) is 7.64. The molecular formula is C13H27Cl2N3O2. The van der Waals surface area contributed by atoms with E-state index in [1.807, 2.05) is 0 Å². The van der Waals surface area contributed by atoms with E-state index in [-0.39, 0.29) is 30.7 Å². The van der Waals surface area contributed by atoms with Crippen LogP contribution in [0.3, 0.4) is 0 Å². The fourth-order valence-corrected chi connectivity index (χ4v) is 2.60. The van der Waals surface area contributed by atoms with Gasteiger partial charge >= 0.3 is 0 Å². The van der Waals surface area contributed by atoms with Gasteiger partial charge in [0.1, 0.15) is 0 Å². The second-order valence-electron chi connectivity index (χ2n) is 5.20. The Labute approximate surface area is 134 Å². The predicted molar refractivity (Wildman–Crippen MR) is 85.0 cm³/mol. The molecule has 0 saturated carbocycles. The van der Waals surface area contributed by atoms with Gasteiger partial charge in [-0.05, 0) is 31.8 Å². The minimum atomic E-state index is 0. The minimum absolute atomic E-state index is 0. The summed E-state index contributed by atoms with van der Waals surface area (Å²) in [6.07, 6.45) is 2.97. The first-order chi connectivity index (χ1) is 8.84. The van der Waals surface area contributed by atoms with Crippen LogP contribution in [0.25, 0.3) is 0 Å². The van der Waals surface area contributed by atoms with E-state index in [1.165, 1.54) is 0 Å². The van der Waals surface area contributed by atoms with Crippen molar-refractivity contribution in [1.82, 2.24) is 15.5 Å². The van der Waals surface area contributed by atoms with Crippen LogP contribution in [-0.2, 0) is 9.53 Å². The molecule has 0 aliphatic carbocycles. The molecule has 2 fully saturated rings. The van der Waals surface area contributed by atoms with Gasteiger partial charge in [0.2, 0.25) is 5.91 Å². The molecular weight excluding hydrogens is 301 g/mol. The molecule has 0 atom stereocenters. The Bertz CT molecular complexity index is 258. The van der Waals surface area contributed by atoms with Crippen LogP contribution in [0, 0.1) is 5.92 Å². The fraction of sp³-hybridized carbons (Fsp3) is 0.923. The van der Waals surface area contributed by atoms with Crippen molar-refractivity contribution in [2.45, 2.75) is 19.3 Å². The number of carbonyl (C=O) groups excluding carboxylic acids is 1. The van der Waals surface area contributed by atoms with E-state index in [0.717, 1.165) is 65.3 Å². The zero-order chi connectivity index (χ0) is 12.6. The lowest BCUT2D eigenvalue weighted by Gasteiger charge is -2.26. The number of ether oxygens (including phenoxy) is 1. The number of nitrogens with one attached hydrogen (secondary N) is 2. The van der Waals surface area contributed by atoms with Crippen molar-refractivity contribution in [3.63, 3.8) is 0 Å². The van der Waals surface area contributed by atoms with Crippen LogP contribution in [0.5, 0.6) is 0 Å². The van der Waals surface area contributed by atoms with Gasteiger partial charge in [0.25, 0.3) is 0 Å². The van der Waals surface area contributed by atoms with Gasteiger partial charge in [-0.2, -0.15) is 0 Å². The molecule has 5 nitrogen and oxygen atoms in total. The highest BCUT2D eigenvalue weighted by atomic mass is 35.5. The molecule has 20 heavy (non-hydrogen) atoms. The normalized spacial score (nSPS) is 20.6. The number of piperidine rings is 1. The Hall–Kier alpha value is -0.0700. The molecule has 0 spiro atoms. The third-order valence-electron chi connectivity index (χ3n) is 3.79. The molecule has 2 heterocycles. The molecule has 1 amide bonds. The Morgan fingerprint density at radius 1 is 1.20 bits per heavy atom. The van der Waals surface area contributed by atoms with E-state index in [1.54, 1.807) is 0 Å². The zero-order valence-electron chi connectivity index (χ0n) is 11.9. The van der Waals surface area contributed by atoms with Gasteiger partial charge < -0.3 is 15.4 Å². The summed E-state index contributed by atoms with van der Waals surface area (Å²) in [5.74, 6) is 0.796. The lowest BCUT2D eigenvalue weighted by atomic mass is 9.94. The van der Waals surface area contributed by atoms with Crippen LogP contribution in [0.15, 0.2) is 0 Å². The van der Waals surface area contributed by atoms with Crippen LogP contribution in [0.2, 0.25) is 0 Å². The van der Waals surface area contributed by atoms with Crippen molar-refractivity contribution in [3.8, 4) is 0 Å². The summed E-state index contributed by atoms with van der Waals surface area (Å²) in [4.78, 5) is 14.1. The maximum absolute atomic E-state index is 11.8. The first-order valence-electron chi connectivity index (χ1n) is 7.12. The van der Waals surface area contributed by atoms with Gasteiger partial charge in [0.05, 0.1) is 13.2 Å². The van der Waals surface area contributed by atoms with Gasteiger partial charge in [-0.15, -0.1) is 24.8 Å². The van der Waals surface area contributed by atoms with E-state index >= 15 is 0 Å². The summed E-state index contributed by atoms with van der Waals surface area (Å²) >= 11 is 0. The van der Waals surface area contributed by atoms with E-state index < -0.39 is 0 Å². The highest BCUT2D eigenvalue weighted by Crippen LogP contribution is 2.15. The second-order valence-corrected chi connectivity index (χ2v) is 5.20. The van der Waals surface area contributed by atoms with Gasteiger partial charge in [-0.3, -0.25) is 9.69 Å². The largest absolute Gasteiger partial charge is 0.379 e. The Morgan fingerprint density at radius 2 is 1.85 bits per heavy atom. The molecule has 0 bridgehead atoms. The highest BCUT2D eigenvalue weighted by Gasteiger charge is 2.16. The van der Waals surface area contributed by atoms with E-state index in [9.17, 15) is 4.79 Å². The number of rotatable bonds is 5. The smallest absolute Gasteiger partial charge is 0.220 e. The molecule has 2 aliphatic heterocycles. The topological polar surface area (TPSA) is 53.6 Å². The monoisotopic (exact) mass is 327 g/mol. The molecule has 0 aromatic rings. The van der Waals surface area contributed by atoms with Crippen LogP contribution in [0.4, 0.5) is 0 Å². The summed E-state index contributed by atoms with van der Waals surface area (Å²) in [6.45, 7) is 7.46. The van der Waals surface area contributed by atoms with Gasteiger partial charge in [-0.25, -0.2) is 0 Å². The van der Waals surface area contributed by atoms with E-state index in [0.29, 0.717) is 12.3 Å². The first-order valence-corrected chi connectivity index (χ1v) is 7.12. The number of morpholine rings is 1. The quantitative estimate of drug-likeness (QED) is 0.779. The maximum atomic E-state index is 11.8. The SMILES string of the molecule is Cl.Cl.O=C(CC1CCNCC1)NCCN1CCOCC1. The predicted octanol–water partition coefficient (Wildman–Crippen LogP) is 0.668. The van der Waals surface area contributed by atoms with Crippen LogP contribution in [0.1, 0.15) is 19.3 Å². The van der Waals surface area contributed by atoms with E-state index in [4.69, 9.17) is 4.74 Å². The van der Waals surface area contributed by atoms with Crippen molar-refractivity contribution in [1.29, 1.82) is 0 Å². The van der Waals surface area contributed by atoms with Crippen molar-refractivity contribution in [3.05, 3.63) is 0 Å². The Kier molecular flexibility index (Phi) is 11.5. The molecule has 2 saturated heterocycles. The number of hydrogen-bond donors (Lipinski definition) is 2. The molecule has 120 valence electrons. The lowest BCUT2D eigenvalue weighted by Crippen LogP contribution is -2.41. The highest BCUT2D eigenvalue weighted by molar-refractivity contribution is 5.85. The lowest BCUT2D eigenvalue weighted by molar-refractivity contribution is -0.122. The second kappa shape index (κ2) is 11.6. The van der Waals surface area contributed by atoms with Crippen LogP contribution < -0.4 is 10.6 Å². The molecule has 0 radical (unpaired) electrons. The van der Waals surface area contributed by atoms with Crippen LogP contribution >= 0.6 is 24.8 Å². The Balaban J connectivity index is 0.00000180. The molecule has 2 N–H and O–H groups in total. The Morgan fingerprint density at radius 3 is 2.50 bits per heavy atom. The number of carbonyl (C=O) groups is 1. The number of nitrogens with zero attached hydrogens (tertiary/aromatic N) is 1. The van der Waals surface area contributed by atoms with Crippen molar-refractivity contribution < 1.29 is 9.53 Å². The van der Waals surface area contributed by atoms with Crippen molar-refractivity contribution >= 4 is 30.7 Å². The fourth-order valence-electron chi connectivity index (χ4n) is 2.60. The number of hydrogen-bond acceptors (Lipinski definition) is 4. The zero-order valence-corrected chi connectivity index (χ0v) is 13.6. The molecule has 0 unspecified atom stereocenters. The number of halogens is 2. The van der Waals surface area contributed by atoms with E-state index in [2.05, 4.69) is 15.5 Å². The number of amides is 1. The van der Waals surface area contributed by atoms with Crippen molar-refractivity contribution in [2.24, 2.45) is 5.92 Å².